The summed E-state index contributed by atoms with van der Waals surface area (Å²) < 4.78 is 1.63. The van der Waals surface area contributed by atoms with E-state index >= 15 is 0 Å². The van der Waals surface area contributed by atoms with Crippen molar-refractivity contribution in [2.45, 2.75) is 19.0 Å². The van der Waals surface area contributed by atoms with Crippen molar-refractivity contribution in [2.75, 3.05) is 11.1 Å². The fraction of sp³-hybridized carbons (Fsp3) is 0.176. The van der Waals surface area contributed by atoms with Crippen molar-refractivity contribution in [3.05, 3.63) is 57.6 Å². The number of carbonyl (C=O) groups excluding carboxylic acids is 1. The Kier molecular flexibility index (Phi) is 5.80. The zero-order chi connectivity index (χ0) is 18.7. The Morgan fingerprint density at radius 1 is 1.15 bits per heavy atom. The van der Waals surface area contributed by atoms with E-state index in [2.05, 4.69) is 26.9 Å². The maximum absolute atomic E-state index is 12.2. The van der Waals surface area contributed by atoms with Crippen LogP contribution in [0.4, 0.5) is 5.69 Å². The Morgan fingerprint density at radius 3 is 2.69 bits per heavy atom. The minimum Gasteiger partial charge on any atom is -0.325 e. The third-order valence-electron chi connectivity index (χ3n) is 3.56. The molecule has 9 heteroatoms. The molecule has 3 aromatic rings. The molecule has 1 aromatic heterocycles. The lowest BCUT2D eigenvalue weighted by atomic mass is 10.1. The summed E-state index contributed by atoms with van der Waals surface area (Å²) in [7, 11) is 0. The van der Waals surface area contributed by atoms with E-state index in [1.54, 1.807) is 22.9 Å². The van der Waals surface area contributed by atoms with Gasteiger partial charge >= 0.3 is 0 Å². The molecule has 0 bridgehead atoms. The highest BCUT2D eigenvalue weighted by molar-refractivity contribution is 7.99. The smallest absolute Gasteiger partial charge is 0.234 e. The first kappa shape index (κ1) is 18.7. The van der Waals surface area contributed by atoms with Crippen molar-refractivity contribution in [1.82, 2.24) is 20.2 Å². The van der Waals surface area contributed by atoms with Crippen LogP contribution in [-0.2, 0) is 4.79 Å². The molecule has 6 nitrogen and oxygen atoms in total. The van der Waals surface area contributed by atoms with Crippen LogP contribution in [0, 0.1) is 13.8 Å². The summed E-state index contributed by atoms with van der Waals surface area (Å²) in [4.78, 5) is 12.2. The standard InChI is InChI=1S/C17H15Cl2N5OS/c1-10-3-6-15(11(2)7-10)24-17(21-22-23-24)26-9-16(25)20-12-4-5-13(18)14(19)8-12/h3-8H,9H2,1-2H3,(H,20,25). The Hall–Kier alpha value is -2.09. The number of halogens is 2. The highest BCUT2D eigenvalue weighted by atomic mass is 35.5. The second-order valence-electron chi connectivity index (χ2n) is 5.63. The summed E-state index contributed by atoms with van der Waals surface area (Å²) in [5, 5.41) is 15.9. The van der Waals surface area contributed by atoms with Crippen molar-refractivity contribution < 1.29 is 4.79 Å². The molecule has 3 rings (SSSR count). The van der Waals surface area contributed by atoms with Gasteiger partial charge in [-0.2, -0.15) is 4.68 Å². The number of nitrogens with one attached hydrogen (secondary N) is 1. The van der Waals surface area contributed by atoms with Crippen LogP contribution in [0.25, 0.3) is 5.69 Å². The van der Waals surface area contributed by atoms with E-state index in [0.29, 0.717) is 20.9 Å². The van der Waals surface area contributed by atoms with E-state index in [0.717, 1.165) is 16.8 Å². The number of nitrogens with zero attached hydrogens (tertiary/aromatic N) is 4. The minimum atomic E-state index is -0.191. The molecule has 0 aliphatic carbocycles. The molecule has 0 aliphatic rings. The van der Waals surface area contributed by atoms with Gasteiger partial charge in [-0.25, -0.2) is 0 Å². The Bertz CT molecular complexity index is 960. The van der Waals surface area contributed by atoms with Crippen LogP contribution >= 0.6 is 35.0 Å². The third-order valence-corrected chi connectivity index (χ3v) is 5.22. The van der Waals surface area contributed by atoms with E-state index in [4.69, 9.17) is 23.2 Å². The average molecular weight is 408 g/mol. The molecule has 0 saturated heterocycles. The number of hydrogen-bond donors (Lipinski definition) is 1. The largest absolute Gasteiger partial charge is 0.325 e. The molecule has 0 unspecified atom stereocenters. The Morgan fingerprint density at radius 2 is 1.96 bits per heavy atom. The molecule has 0 radical (unpaired) electrons. The van der Waals surface area contributed by atoms with E-state index in [1.165, 1.54) is 11.8 Å². The predicted molar refractivity (Wildman–Crippen MR) is 104 cm³/mol. The second-order valence-corrected chi connectivity index (χ2v) is 7.39. The number of benzene rings is 2. The van der Waals surface area contributed by atoms with Crippen LogP contribution in [-0.4, -0.2) is 31.9 Å². The van der Waals surface area contributed by atoms with Crippen molar-refractivity contribution in [1.29, 1.82) is 0 Å². The van der Waals surface area contributed by atoms with Gasteiger partial charge in [0.1, 0.15) is 0 Å². The first-order valence-electron chi connectivity index (χ1n) is 7.68. The van der Waals surface area contributed by atoms with Gasteiger partial charge in [0.05, 0.1) is 21.5 Å². The van der Waals surface area contributed by atoms with E-state index in [9.17, 15) is 4.79 Å². The lowest BCUT2D eigenvalue weighted by Gasteiger charge is -2.09. The van der Waals surface area contributed by atoms with Crippen LogP contribution in [0.5, 0.6) is 0 Å². The molecule has 0 fully saturated rings. The number of anilines is 1. The highest BCUT2D eigenvalue weighted by Gasteiger charge is 2.13. The van der Waals surface area contributed by atoms with Gasteiger partial charge in [-0.15, -0.1) is 5.10 Å². The zero-order valence-corrected chi connectivity index (χ0v) is 16.4. The van der Waals surface area contributed by atoms with Gasteiger partial charge in [0.2, 0.25) is 11.1 Å². The number of aryl methyl sites for hydroxylation is 2. The minimum absolute atomic E-state index is 0.158. The molecule has 0 aliphatic heterocycles. The van der Waals surface area contributed by atoms with Gasteiger partial charge in [-0.3, -0.25) is 4.79 Å². The number of hydrogen-bond acceptors (Lipinski definition) is 5. The third kappa shape index (κ3) is 4.35. The van der Waals surface area contributed by atoms with Crippen molar-refractivity contribution >= 4 is 46.6 Å². The fourth-order valence-corrected chi connectivity index (χ4v) is 3.35. The Labute approximate surface area is 164 Å². The van der Waals surface area contributed by atoms with E-state index < -0.39 is 0 Å². The summed E-state index contributed by atoms with van der Waals surface area (Å²) in [6, 6.07) is 10.9. The van der Waals surface area contributed by atoms with Crippen LogP contribution < -0.4 is 5.32 Å². The molecule has 1 N–H and O–H groups in total. The van der Waals surface area contributed by atoms with Crippen molar-refractivity contribution in [2.24, 2.45) is 0 Å². The molecule has 1 heterocycles. The van der Waals surface area contributed by atoms with Crippen LogP contribution in [0.3, 0.4) is 0 Å². The van der Waals surface area contributed by atoms with E-state index in [1.807, 2.05) is 26.0 Å². The number of rotatable bonds is 5. The lowest BCUT2D eigenvalue weighted by molar-refractivity contribution is -0.113. The SMILES string of the molecule is Cc1ccc(-n2nnnc2SCC(=O)Nc2ccc(Cl)c(Cl)c2)c(C)c1. The molecular formula is C17H15Cl2N5OS. The van der Waals surface area contributed by atoms with Crippen LogP contribution in [0.15, 0.2) is 41.6 Å². The summed E-state index contributed by atoms with van der Waals surface area (Å²) in [5.41, 5.74) is 3.68. The van der Waals surface area contributed by atoms with Gasteiger partial charge in [0, 0.05) is 5.69 Å². The highest BCUT2D eigenvalue weighted by Crippen LogP contribution is 2.25. The molecule has 1 amide bonds. The summed E-state index contributed by atoms with van der Waals surface area (Å²) >= 11 is 13.1. The first-order valence-corrected chi connectivity index (χ1v) is 9.42. The summed E-state index contributed by atoms with van der Waals surface area (Å²) in [6.07, 6.45) is 0. The maximum Gasteiger partial charge on any atom is 0.234 e. The fourth-order valence-electron chi connectivity index (χ4n) is 2.36. The topological polar surface area (TPSA) is 72.7 Å². The van der Waals surface area contributed by atoms with Crippen molar-refractivity contribution in [3.63, 3.8) is 0 Å². The number of carbonyl (C=O) groups is 1. The van der Waals surface area contributed by atoms with Gasteiger partial charge in [0.25, 0.3) is 0 Å². The molecule has 0 atom stereocenters. The van der Waals surface area contributed by atoms with Gasteiger partial charge < -0.3 is 5.32 Å². The number of thioether (sulfide) groups is 1. The van der Waals surface area contributed by atoms with Gasteiger partial charge in [-0.1, -0.05) is 52.7 Å². The molecule has 26 heavy (non-hydrogen) atoms. The van der Waals surface area contributed by atoms with Crippen LogP contribution in [0.1, 0.15) is 11.1 Å². The quantitative estimate of drug-likeness (QED) is 0.637. The normalized spacial score (nSPS) is 10.8. The average Bonchev–Trinajstić information content (AvgIpc) is 3.05. The Balaban J connectivity index is 1.68. The molecular weight excluding hydrogens is 393 g/mol. The zero-order valence-electron chi connectivity index (χ0n) is 14.0. The molecule has 0 spiro atoms. The number of amides is 1. The molecule has 0 saturated carbocycles. The van der Waals surface area contributed by atoms with E-state index in [-0.39, 0.29) is 11.7 Å². The molecule has 134 valence electrons. The predicted octanol–water partition coefficient (Wildman–Crippen LogP) is 4.32. The lowest BCUT2D eigenvalue weighted by Crippen LogP contribution is -2.14. The first-order chi connectivity index (χ1) is 12.4. The van der Waals surface area contributed by atoms with Crippen molar-refractivity contribution in [3.8, 4) is 5.69 Å². The van der Waals surface area contributed by atoms with Gasteiger partial charge in [0.15, 0.2) is 0 Å². The second kappa shape index (κ2) is 8.07. The maximum atomic E-state index is 12.2. The number of tetrazole rings is 1. The summed E-state index contributed by atoms with van der Waals surface area (Å²) in [5.74, 6) is -0.0329. The monoisotopic (exact) mass is 407 g/mol. The molecule has 2 aromatic carbocycles. The number of aromatic nitrogens is 4. The van der Waals surface area contributed by atoms with Crippen LogP contribution in [0.2, 0.25) is 10.0 Å². The van der Waals surface area contributed by atoms with Gasteiger partial charge in [-0.05, 0) is 54.1 Å². The summed E-state index contributed by atoms with van der Waals surface area (Å²) in [6.45, 7) is 4.02.